The summed E-state index contributed by atoms with van der Waals surface area (Å²) in [4.78, 5) is 47.0. The number of nitrogens with two attached hydrogens (primary N) is 1. The molecule has 0 unspecified atom stereocenters. The van der Waals surface area contributed by atoms with Crippen molar-refractivity contribution in [3.63, 3.8) is 0 Å². The third kappa shape index (κ3) is 14.8. The number of benzene rings is 4. The fourth-order valence-electron chi connectivity index (χ4n) is 6.83. The molecule has 20 heteroatoms. The van der Waals surface area contributed by atoms with Gasteiger partial charge in [0.25, 0.3) is 5.91 Å². The van der Waals surface area contributed by atoms with Crippen LogP contribution in [0.3, 0.4) is 0 Å². The Bertz CT molecular complexity index is 2630. The largest absolute Gasteiger partial charge is 0.486 e. The number of hydrogen-bond donors (Lipinski definition) is 4. The van der Waals surface area contributed by atoms with E-state index in [4.69, 9.17) is 75.7 Å². The molecule has 0 saturated carbocycles. The molecule has 344 valence electrons. The molecule has 4 aromatic carbocycles. The number of amides is 2. The number of carboxylic acids is 1. The van der Waals surface area contributed by atoms with E-state index in [2.05, 4.69) is 10.7 Å². The molecule has 2 fully saturated rings. The van der Waals surface area contributed by atoms with Gasteiger partial charge in [-0.15, -0.1) is 0 Å². The van der Waals surface area contributed by atoms with Gasteiger partial charge in [0.2, 0.25) is 5.76 Å². The Morgan fingerprint density at radius 2 is 1.22 bits per heavy atom. The minimum absolute atomic E-state index is 0.00671. The normalized spacial score (nSPS) is 14.8. The highest BCUT2D eigenvalue weighted by atomic mass is 35.5. The predicted molar refractivity (Wildman–Crippen MR) is 242 cm³/mol. The lowest BCUT2D eigenvalue weighted by Crippen LogP contribution is -2.47. The van der Waals surface area contributed by atoms with Crippen molar-refractivity contribution >= 4 is 91.9 Å². The van der Waals surface area contributed by atoms with Gasteiger partial charge in [-0.05, 0) is 104 Å². The van der Waals surface area contributed by atoms with Gasteiger partial charge in [0, 0.05) is 71.6 Å². The average Bonchev–Trinajstić information content (AvgIpc) is 3.91. The molecular formula is C45H43Cl4F2N5O9. The second-order valence-corrected chi connectivity index (χ2v) is 16.8. The van der Waals surface area contributed by atoms with Gasteiger partial charge in [-0.2, -0.15) is 0 Å². The zero-order chi connectivity index (χ0) is 46.6. The van der Waals surface area contributed by atoms with Crippen molar-refractivity contribution < 1.29 is 51.4 Å². The minimum atomic E-state index is -1.08. The first kappa shape index (κ1) is 49.0. The number of ketones is 1. The first-order valence-electron chi connectivity index (χ1n) is 20.2. The van der Waals surface area contributed by atoms with Gasteiger partial charge in [0.05, 0.1) is 10.0 Å². The van der Waals surface area contributed by atoms with Crippen molar-refractivity contribution in [2.45, 2.75) is 38.1 Å². The molecule has 4 heterocycles. The van der Waals surface area contributed by atoms with Crippen LogP contribution < -0.4 is 26.1 Å². The molecule has 2 aliphatic rings. The number of halogens is 6. The topological polar surface area (TPSA) is 190 Å². The van der Waals surface area contributed by atoms with Crippen molar-refractivity contribution in [2.75, 3.05) is 39.4 Å². The summed E-state index contributed by atoms with van der Waals surface area (Å²) in [6, 6.07) is 21.5. The zero-order valence-electron chi connectivity index (χ0n) is 34.5. The van der Waals surface area contributed by atoms with E-state index in [-0.39, 0.29) is 75.8 Å². The third-order valence-electron chi connectivity index (χ3n) is 10.2. The van der Waals surface area contributed by atoms with Crippen LogP contribution >= 0.6 is 46.4 Å². The lowest BCUT2D eigenvalue weighted by Gasteiger charge is -2.31. The van der Waals surface area contributed by atoms with E-state index in [1.165, 1.54) is 30.3 Å². The summed E-state index contributed by atoms with van der Waals surface area (Å²) in [5.41, 5.74) is 3.98. The second kappa shape index (κ2) is 23.1. The number of Topliss-reactive ketones (excluding diaryl/α,β-unsaturated/α-hetero) is 1. The number of carbonyl (C=O) groups excluding carboxylic acids is 3. The van der Waals surface area contributed by atoms with Crippen molar-refractivity contribution in [3.8, 4) is 11.5 Å². The fourth-order valence-corrected chi connectivity index (χ4v) is 7.43. The van der Waals surface area contributed by atoms with E-state index in [0.29, 0.717) is 46.1 Å². The monoisotopic (exact) mass is 975 g/mol. The lowest BCUT2D eigenvalue weighted by molar-refractivity contribution is -0.124. The van der Waals surface area contributed by atoms with Crippen LogP contribution in [0.1, 0.15) is 53.2 Å². The molecule has 0 bridgehead atoms. The highest BCUT2D eigenvalue weighted by Crippen LogP contribution is 2.26. The molecule has 8 rings (SSSR count). The summed E-state index contributed by atoms with van der Waals surface area (Å²) >= 11 is 22.9. The minimum Gasteiger partial charge on any atom is -0.486 e. The molecule has 0 aliphatic carbocycles. The number of nitrogens with zero attached hydrogens (tertiary/aromatic N) is 2. The number of nitrogens with one attached hydrogen (secondary N) is 2. The first-order chi connectivity index (χ1) is 31.1. The number of carbonyl (C=O) groups is 4. The van der Waals surface area contributed by atoms with E-state index < -0.39 is 17.6 Å². The highest BCUT2D eigenvalue weighted by molar-refractivity contribution is 6.32. The number of carboxylic acid groups (broad SMARTS) is 1. The number of hydrazine groups is 2. The summed E-state index contributed by atoms with van der Waals surface area (Å²) < 4.78 is 47.8. The van der Waals surface area contributed by atoms with Crippen LogP contribution in [0.25, 0.3) is 21.9 Å². The fraction of sp³-hybridized carbons (Fsp3) is 0.289. The molecule has 0 spiro atoms. The number of fused-ring (bicyclic) bond motifs is 2. The van der Waals surface area contributed by atoms with E-state index in [9.17, 15) is 28.0 Å². The van der Waals surface area contributed by atoms with Gasteiger partial charge in [0.1, 0.15) is 40.9 Å². The van der Waals surface area contributed by atoms with Crippen LogP contribution in [0.4, 0.5) is 8.78 Å². The Hall–Kier alpha value is -5.46. The van der Waals surface area contributed by atoms with Crippen LogP contribution in [-0.4, -0.2) is 84.1 Å². The molecule has 0 radical (unpaired) electrons. The number of furan rings is 2. The summed E-state index contributed by atoms with van der Waals surface area (Å²) in [6.45, 7) is 2.50. The molecule has 2 amide bonds. The van der Waals surface area contributed by atoms with Crippen LogP contribution in [0.2, 0.25) is 20.1 Å². The summed E-state index contributed by atoms with van der Waals surface area (Å²) in [5.74, 6) is 3.70. The van der Waals surface area contributed by atoms with E-state index in [1.54, 1.807) is 47.5 Å². The maximum absolute atomic E-state index is 13.4. The van der Waals surface area contributed by atoms with Gasteiger partial charge in [-0.3, -0.25) is 25.7 Å². The number of hydrogen-bond acceptors (Lipinski definition) is 11. The second-order valence-electron chi connectivity index (χ2n) is 15.1. The quantitative estimate of drug-likeness (QED) is 0.0852. The van der Waals surface area contributed by atoms with E-state index in [0.717, 1.165) is 56.3 Å². The maximum atomic E-state index is 13.4. The van der Waals surface area contributed by atoms with Crippen LogP contribution in [-0.2, 0) is 9.59 Å². The van der Waals surface area contributed by atoms with Gasteiger partial charge >= 0.3 is 11.9 Å². The Balaban J connectivity index is 0.000000180. The lowest BCUT2D eigenvalue weighted by atomic mass is 9.92. The highest BCUT2D eigenvalue weighted by Gasteiger charge is 2.24. The van der Waals surface area contributed by atoms with Crippen LogP contribution in [0, 0.1) is 17.6 Å². The maximum Gasteiger partial charge on any atom is 0.371 e. The van der Waals surface area contributed by atoms with E-state index in [1.807, 2.05) is 5.01 Å². The molecule has 2 aliphatic heterocycles. The SMILES string of the molecule is NN1CCC(NC(=O)COc2ccc(Cl)c(F)c2)CC1.O=C(COc1ccc(Cl)c(F)c1)CC1CCN(NC(=O)c2cc3cc(Cl)ccc3o2)CC1.O=C(O)c1cc2cc(Cl)ccc2o1. The summed E-state index contributed by atoms with van der Waals surface area (Å²) in [6.07, 6.45) is 3.53. The summed E-state index contributed by atoms with van der Waals surface area (Å²) in [5, 5.41) is 17.7. The molecule has 14 nitrogen and oxygen atoms in total. The van der Waals surface area contributed by atoms with E-state index >= 15 is 0 Å². The van der Waals surface area contributed by atoms with Gasteiger partial charge in [-0.1, -0.05) is 46.4 Å². The smallest absolute Gasteiger partial charge is 0.371 e. The Morgan fingerprint density at radius 3 is 1.75 bits per heavy atom. The van der Waals surface area contributed by atoms with Crippen molar-refractivity contribution in [3.05, 3.63) is 128 Å². The van der Waals surface area contributed by atoms with Crippen LogP contribution in [0.15, 0.2) is 93.8 Å². The standard InChI is InChI=1S/C23H21Cl2FN2O4.C13H17ClFN3O2.C9H5ClO3/c24-16-1-4-21-15(10-16)11-22(32-21)23(30)27-28-7-5-14(6-8-28)9-17(29)13-31-18-2-3-19(25)20(26)12-18;14-11-2-1-10(7-12(11)15)20-8-13(19)17-9-3-5-18(16)6-4-9;10-6-1-2-7-5(3-6)4-8(13-7)9(11)12/h1-4,10-12,14H,5-9,13H2,(H,27,30);1-2,7,9H,3-6,8,16H2,(H,17,19);1-4H,(H,11,12). The average molecular weight is 978 g/mol. The number of ether oxygens (including phenoxy) is 2. The molecule has 0 atom stereocenters. The Kier molecular flexibility index (Phi) is 17.4. The molecular weight excluding hydrogens is 934 g/mol. The zero-order valence-corrected chi connectivity index (χ0v) is 37.5. The van der Waals surface area contributed by atoms with Crippen molar-refractivity contribution in [1.29, 1.82) is 0 Å². The van der Waals surface area contributed by atoms with Crippen molar-refractivity contribution in [2.24, 2.45) is 11.8 Å². The summed E-state index contributed by atoms with van der Waals surface area (Å²) in [7, 11) is 0. The number of aromatic carboxylic acids is 1. The molecule has 2 aromatic heterocycles. The number of piperidine rings is 2. The predicted octanol–water partition coefficient (Wildman–Crippen LogP) is 9.37. The molecule has 65 heavy (non-hydrogen) atoms. The Labute approximate surface area is 391 Å². The van der Waals surface area contributed by atoms with Gasteiger partial charge < -0.3 is 28.7 Å². The van der Waals surface area contributed by atoms with Gasteiger partial charge in [-0.25, -0.2) is 23.6 Å². The molecule has 2 saturated heterocycles. The first-order valence-corrected chi connectivity index (χ1v) is 21.7. The molecule has 6 aromatic rings. The third-order valence-corrected chi connectivity index (χ3v) is 11.3. The Morgan fingerprint density at radius 1 is 0.692 bits per heavy atom. The van der Waals surface area contributed by atoms with Gasteiger partial charge in [0.15, 0.2) is 18.2 Å². The van der Waals surface area contributed by atoms with Crippen LogP contribution in [0.5, 0.6) is 11.5 Å². The molecule has 5 N–H and O–H groups in total. The number of rotatable bonds is 12. The van der Waals surface area contributed by atoms with Crippen molar-refractivity contribution in [1.82, 2.24) is 20.8 Å².